The van der Waals surface area contributed by atoms with Gasteiger partial charge in [-0.15, -0.1) is 0 Å². The highest BCUT2D eigenvalue weighted by atomic mass is 28.4. The van der Waals surface area contributed by atoms with Crippen molar-refractivity contribution in [3.05, 3.63) is 29.8 Å². The standard InChI is InChI=1S/C16H27FNOSi/c1-13(2)16(19)12-18(3,4)11-14-7-9-15(10-8-14)20(5,6)17/h7-10,13H,11-12H2,1-6H3/q+1. The lowest BCUT2D eigenvalue weighted by Crippen LogP contribution is -2.44. The van der Waals surface area contributed by atoms with Gasteiger partial charge in [-0.2, -0.15) is 0 Å². The first-order valence-electron chi connectivity index (χ1n) is 7.14. The molecular formula is C16H27FNOSi+. The molecule has 2 nitrogen and oxygen atoms in total. The summed E-state index contributed by atoms with van der Waals surface area (Å²) in [6.45, 7) is 8.58. The van der Waals surface area contributed by atoms with Crippen LogP contribution in [0.2, 0.25) is 13.1 Å². The highest BCUT2D eigenvalue weighted by Crippen LogP contribution is 2.12. The van der Waals surface area contributed by atoms with E-state index in [0.29, 0.717) is 11.0 Å². The molecule has 0 saturated carbocycles. The molecule has 0 aromatic heterocycles. The molecule has 112 valence electrons. The minimum atomic E-state index is -2.72. The summed E-state index contributed by atoms with van der Waals surface area (Å²) in [5, 5.41) is 0.824. The summed E-state index contributed by atoms with van der Waals surface area (Å²) in [5.41, 5.74) is 1.15. The SMILES string of the molecule is CC(C)C(=O)C[N+](C)(C)Cc1ccc([Si](C)(C)F)cc1. The van der Waals surface area contributed by atoms with E-state index in [-0.39, 0.29) is 11.7 Å². The maximum absolute atomic E-state index is 13.9. The highest BCUT2D eigenvalue weighted by Gasteiger charge is 2.25. The van der Waals surface area contributed by atoms with Gasteiger partial charge in [0, 0.05) is 11.5 Å². The van der Waals surface area contributed by atoms with Crippen LogP contribution in [0.25, 0.3) is 0 Å². The third-order valence-electron chi connectivity index (χ3n) is 3.48. The van der Waals surface area contributed by atoms with Crippen LogP contribution in [0.15, 0.2) is 24.3 Å². The van der Waals surface area contributed by atoms with E-state index in [2.05, 4.69) is 14.1 Å². The highest BCUT2D eigenvalue weighted by molar-refractivity contribution is 6.83. The lowest BCUT2D eigenvalue weighted by atomic mass is 10.1. The van der Waals surface area contributed by atoms with Gasteiger partial charge >= 0.3 is 0 Å². The van der Waals surface area contributed by atoms with E-state index >= 15 is 0 Å². The number of rotatable bonds is 6. The molecule has 0 aliphatic rings. The second-order valence-electron chi connectivity index (χ2n) is 7.04. The lowest BCUT2D eigenvalue weighted by Gasteiger charge is -2.30. The number of quaternary nitrogens is 1. The van der Waals surface area contributed by atoms with E-state index in [0.717, 1.165) is 17.3 Å². The first-order chi connectivity index (χ1) is 9.01. The zero-order chi connectivity index (χ0) is 15.6. The Hall–Kier alpha value is -1.00. The van der Waals surface area contributed by atoms with Crippen LogP contribution in [0.5, 0.6) is 0 Å². The van der Waals surface area contributed by atoms with Crippen LogP contribution in [0.1, 0.15) is 19.4 Å². The summed E-state index contributed by atoms with van der Waals surface area (Å²) in [6, 6.07) is 7.77. The quantitative estimate of drug-likeness (QED) is 0.448. The van der Waals surface area contributed by atoms with Gasteiger partial charge in [0.25, 0.3) is 8.41 Å². The normalized spacial score (nSPS) is 12.8. The molecule has 0 radical (unpaired) electrons. The second kappa shape index (κ2) is 6.18. The number of likely N-dealkylation sites (N-methyl/N-ethyl adjacent to an activating group) is 1. The van der Waals surface area contributed by atoms with E-state index < -0.39 is 8.41 Å². The van der Waals surface area contributed by atoms with Gasteiger partial charge in [-0.3, -0.25) is 4.79 Å². The van der Waals surface area contributed by atoms with Crippen molar-refractivity contribution in [2.24, 2.45) is 5.92 Å². The van der Waals surface area contributed by atoms with Crippen molar-refractivity contribution in [3.8, 4) is 0 Å². The summed E-state index contributed by atoms with van der Waals surface area (Å²) >= 11 is 0. The van der Waals surface area contributed by atoms with Gasteiger partial charge in [0.2, 0.25) is 0 Å². The van der Waals surface area contributed by atoms with Crippen LogP contribution >= 0.6 is 0 Å². The molecule has 1 rings (SSSR count). The van der Waals surface area contributed by atoms with Crippen LogP contribution in [-0.2, 0) is 11.3 Å². The first kappa shape index (κ1) is 17.0. The summed E-state index contributed by atoms with van der Waals surface area (Å²) in [6.07, 6.45) is 0. The number of Topliss-reactive ketones (excluding diaryl/α,β-unsaturated/α-hetero) is 1. The van der Waals surface area contributed by atoms with Gasteiger partial charge in [-0.25, -0.2) is 0 Å². The molecule has 0 atom stereocenters. The molecule has 20 heavy (non-hydrogen) atoms. The fourth-order valence-corrected chi connectivity index (χ4v) is 3.12. The molecule has 1 aromatic rings. The van der Waals surface area contributed by atoms with E-state index in [4.69, 9.17) is 0 Å². The average Bonchev–Trinajstić information content (AvgIpc) is 2.26. The van der Waals surface area contributed by atoms with E-state index in [9.17, 15) is 8.90 Å². The van der Waals surface area contributed by atoms with Crippen molar-refractivity contribution < 1.29 is 13.4 Å². The Morgan fingerprint density at radius 2 is 1.70 bits per heavy atom. The van der Waals surface area contributed by atoms with Crippen molar-refractivity contribution in [2.75, 3.05) is 20.6 Å². The lowest BCUT2D eigenvalue weighted by molar-refractivity contribution is -0.895. The average molecular weight is 296 g/mol. The van der Waals surface area contributed by atoms with E-state index in [1.807, 2.05) is 38.1 Å². The summed E-state index contributed by atoms with van der Waals surface area (Å²) in [5.74, 6) is 0.358. The Morgan fingerprint density at radius 1 is 1.20 bits per heavy atom. The minimum Gasteiger partial charge on any atom is -0.319 e. The van der Waals surface area contributed by atoms with Crippen molar-refractivity contribution in [2.45, 2.75) is 33.5 Å². The Bertz CT molecular complexity index is 460. The summed E-state index contributed by atoms with van der Waals surface area (Å²) in [7, 11) is 1.40. The van der Waals surface area contributed by atoms with Gasteiger partial charge in [0.1, 0.15) is 13.1 Å². The second-order valence-corrected chi connectivity index (χ2v) is 10.6. The Labute approximate surface area is 123 Å². The molecule has 0 bridgehead atoms. The number of nitrogens with zero attached hydrogens (tertiary/aromatic N) is 1. The molecule has 0 aliphatic heterocycles. The largest absolute Gasteiger partial charge is 0.319 e. The van der Waals surface area contributed by atoms with Crippen molar-refractivity contribution in [3.63, 3.8) is 0 Å². The van der Waals surface area contributed by atoms with Gasteiger partial charge in [-0.05, 0) is 18.3 Å². The molecule has 0 heterocycles. The number of ketones is 1. The summed E-state index contributed by atoms with van der Waals surface area (Å²) < 4.78 is 14.6. The number of benzene rings is 1. The molecule has 0 amide bonds. The molecule has 0 aliphatic carbocycles. The van der Waals surface area contributed by atoms with Gasteiger partial charge < -0.3 is 8.59 Å². The maximum Gasteiger partial charge on any atom is 0.271 e. The molecule has 0 fully saturated rings. The van der Waals surface area contributed by atoms with Gasteiger partial charge in [0.15, 0.2) is 5.78 Å². The van der Waals surface area contributed by atoms with Crippen molar-refractivity contribution in [1.82, 2.24) is 0 Å². The van der Waals surface area contributed by atoms with Crippen LogP contribution in [0, 0.1) is 5.92 Å². The maximum atomic E-state index is 13.9. The fourth-order valence-electron chi connectivity index (χ4n) is 2.16. The topological polar surface area (TPSA) is 17.1 Å². The third-order valence-corrected chi connectivity index (χ3v) is 5.19. The van der Waals surface area contributed by atoms with E-state index in [1.54, 1.807) is 13.1 Å². The Balaban J connectivity index is 2.75. The molecular weight excluding hydrogens is 269 g/mol. The summed E-state index contributed by atoms with van der Waals surface area (Å²) in [4.78, 5) is 11.9. The minimum absolute atomic E-state index is 0.0770. The van der Waals surface area contributed by atoms with Crippen LogP contribution in [-0.4, -0.2) is 39.3 Å². The smallest absolute Gasteiger partial charge is 0.271 e. The van der Waals surface area contributed by atoms with Crippen LogP contribution in [0.4, 0.5) is 4.11 Å². The molecule has 4 heteroatoms. The van der Waals surface area contributed by atoms with Crippen molar-refractivity contribution in [1.29, 1.82) is 0 Å². The molecule has 0 saturated heterocycles. The number of halogens is 1. The predicted molar refractivity (Wildman–Crippen MR) is 85.2 cm³/mol. The number of carbonyl (C=O) groups excluding carboxylic acids is 1. The zero-order valence-electron chi connectivity index (χ0n) is 13.5. The van der Waals surface area contributed by atoms with Crippen LogP contribution < -0.4 is 5.19 Å². The van der Waals surface area contributed by atoms with Crippen LogP contribution in [0.3, 0.4) is 0 Å². The molecule has 1 aromatic carbocycles. The van der Waals surface area contributed by atoms with Gasteiger partial charge in [-0.1, -0.05) is 38.1 Å². The van der Waals surface area contributed by atoms with Crippen molar-refractivity contribution >= 4 is 19.4 Å². The molecule has 0 N–H and O–H groups in total. The third kappa shape index (κ3) is 5.17. The zero-order valence-corrected chi connectivity index (χ0v) is 14.5. The number of hydrogen-bond donors (Lipinski definition) is 0. The molecule has 0 spiro atoms. The van der Waals surface area contributed by atoms with Gasteiger partial charge in [0.05, 0.1) is 14.1 Å². The number of hydrogen-bond acceptors (Lipinski definition) is 1. The number of carbonyl (C=O) groups is 1. The Kier molecular flexibility index (Phi) is 5.27. The predicted octanol–water partition coefficient (Wildman–Crippen LogP) is 2.87. The monoisotopic (exact) mass is 296 g/mol. The Morgan fingerprint density at radius 3 is 2.10 bits per heavy atom. The van der Waals surface area contributed by atoms with E-state index in [1.165, 1.54) is 0 Å². The fraction of sp³-hybridized carbons (Fsp3) is 0.562. The molecule has 0 unspecified atom stereocenters. The first-order valence-corrected chi connectivity index (χ1v) is 10.0.